The number of esters is 1. The van der Waals surface area contributed by atoms with Crippen LogP contribution < -0.4 is 0 Å². The van der Waals surface area contributed by atoms with E-state index in [0.29, 0.717) is 37.0 Å². The Bertz CT molecular complexity index is 1300. The first-order valence-electron chi connectivity index (χ1n) is 12.9. The Morgan fingerprint density at radius 1 is 0.919 bits per heavy atom. The molecule has 0 amide bonds. The molecule has 1 heterocycles. The van der Waals surface area contributed by atoms with Gasteiger partial charge >= 0.3 is 5.97 Å². The molecule has 0 N–H and O–H groups in total. The molecule has 2 aliphatic rings. The van der Waals surface area contributed by atoms with E-state index in [0.717, 1.165) is 22.3 Å². The van der Waals surface area contributed by atoms with E-state index in [4.69, 9.17) is 14.2 Å². The molecule has 3 atom stereocenters. The summed E-state index contributed by atoms with van der Waals surface area (Å²) < 4.78 is 33.0. The van der Waals surface area contributed by atoms with Crippen molar-refractivity contribution in [2.24, 2.45) is 0 Å². The molecule has 4 nitrogen and oxygen atoms in total. The van der Waals surface area contributed by atoms with Crippen molar-refractivity contribution >= 4 is 11.5 Å². The first kappa shape index (κ1) is 25.1. The van der Waals surface area contributed by atoms with Gasteiger partial charge in [0, 0.05) is 5.57 Å². The Balaban J connectivity index is 1.64. The lowest BCUT2D eigenvalue weighted by atomic mass is 9.75. The van der Waals surface area contributed by atoms with Crippen LogP contribution in [0.5, 0.6) is 0 Å². The second kappa shape index (κ2) is 10.8. The van der Waals surface area contributed by atoms with E-state index in [9.17, 15) is 9.18 Å². The van der Waals surface area contributed by atoms with E-state index in [-0.39, 0.29) is 18.2 Å². The van der Waals surface area contributed by atoms with Crippen LogP contribution in [0, 0.1) is 5.82 Å². The molecule has 0 unspecified atom stereocenters. The minimum absolute atomic E-state index is 0.265. The van der Waals surface area contributed by atoms with Crippen LogP contribution in [0.4, 0.5) is 4.39 Å². The van der Waals surface area contributed by atoms with Crippen LogP contribution in [0.2, 0.25) is 0 Å². The maximum Gasteiger partial charge on any atom is 0.343 e. The molecule has 37 heavy (non-hydrogen) atoms. The van der Waals surface area contributed by atoms with Crippen molar-refractivity contribution in [2.75, 3.05) is 0 Å². The van der Waals surface area contributed by atoms with Gasteiger partial charge in [0.15, 0.2) is 6.29 Å². The lowest BCUT2D eigenvalue weighted by molar-refractivity contribution is -0.0841. The van der Waals surface area contributed by atoms with Crippen LogP contribution >= 0.6 is 0 Å². The molecule has 0 spiro atoms. The van der Waals surface area contributed by atoms with Crippen LogP contribution in [-0.4, -0.2) is 18.4 Å². The lowest BCUT2D eigenvalue weighted by Gasteiger charge is -2.37. The maximum atomic E-state index is 13.9. The molecule has 1 aliphatic heterocycles. The molecule has 0 radical (unpaired) electrons. The Hall–Kier alpha value is -3.54. The van der Waals surface area contributed by atoms with Crippen LogP contribution in [0.15, 0.2) is 102 Å². The average molecular weight is 499 g/mol. The Kier molecular flexibility index (Phi) is 7.36. The summed E-state index contributed by atoms with van der Waals surface area (Å²) in [4.78, 5) is 13.1. The van der Waals surface area contributed by atoms with Gasteiger partial charge in [0.05, 0.1) is 11.7 Å². The predicted molar refractivity (Wildman–Crippen MR) is 141 cm³/mol. The summed E-state index contributed by atoms with van der Waals surface area (Å²) in [5.41, 5.74) is 3.33. The second-order valence-electron chi connectivity index (χ2n) is 9.37. The Morgan fingerprint density at radius 2 is 1.59 bits per heavy atom. The first-order valence-corrected chi connectivity index (χ1v) is 12.9. The van der Waals surface area contributed by atoms with E-state index < -0.39 is 11.6 Å². The molecule has 5 rings (SSSR count). The van der Waals surface area contributed by atoms with E-state index in [1.165, 1.54) is 12.1 Å². The molecule has 0 aromatic heterocycles. The molecular weight excluding hydrogens is 467 g/mol. The molecule has 0 saturated carbocycles. The SMILES string of the molecule is CC[C@H]1O[C@@H](CC)[C@](C2=CC(OC(=O)c3ccccc3)=C(c3ccccc3)CC2)(c2ccc(F)cc2)O1. The van der Waals surface area contributed by atoms with Gasteiger partial charge in [-0.2, -0.15) is 0 Å². The average Bonchev–Trinajstić information content (AvgIpc) is 3.34. The molecule has 3 aromatic carbocycles. The number of hydrogen-bond acceptors (Lipinski definition) is 4. The van der Waals surface area contributed by atoms with Crippen molar-refractivity contribution < 1.29 is 23.4 Å². The monoisotopic (exact) mass is 498 g/mol. The van der Waals surface area contributed by atoms with E-state index >= 15 is 0 Å². The third-order valence-electron chi connectivity index (χ3n) is 7.12. The van der Waals surface area contributed by atoms with Gasteiger partial charge in [0.2, 0.25) is 0 Å². The predicted octanol–water partition coefficient (Wildman–Crippen LogP) is 7.57. The first-order chi connectivity index (χ1) is 18.0. The number of rotatable bonds is 7. The van der Waals surface area contributed by atoms with E-state index in [2.05, 4.69) is 6.92 Å². The van der Waals surface area contributed by atoms with Crippen LogP contribution in [-0.2, 0) is 19.8 Å². The highest BCUT2D eigenvalue weighted by Gasteiger charge is 2.52. The van der Waals surface area contributed by atoms with Gasteiger partial charge in [-0.15, -0.1) is 0 Å². The minimum atomic E-state index is -0.907. The second-order valence-corrected chi connectivity index (χ2v) is 9.37. The van der Waals surface area contributed by atoms with E-state index in [1.807, 2.05) is 61.5 Å². The number of allylic oxidation sites excluding steroid dienone is 2. The van der Waals surface area contributed by atoms with Crippen molar-refractivity contribution in [3.8, 4) is 0 Å². The van der Waals surface area contributed by atoms with Gasteiger partial charge in [-0.25, -0.2) is 9.18 Å². The highest BCUT2D eigenvalue weighted by atomic mass is 19.1. The van der Waals surface area contributed by atoms with E-state index in [1.54, 1.807) is 24.3 Å². The Morgan fingerprint density at radius 3 is 2.24 bits per heavy atom. The number of ether oxygens (including phenoxy) is 3. The van der Waals surface area contributed by atoms with Gasteiger partial charge in [0.25, 0.3) is 0 Å². The van der Waals surface area contributed by atoms with Gasteiger partial charge in [-0.1, -0.05) is 74.5 Å². The molecular formula is C32H31FO4. The highest BCUT2D eigenvalue weighted by molar-refractivity contribution is 5.91. The summed E-state index contributed by atoms with van der Waals surface area (Å²) in [7, 11) is 0. The summed E-state index contributed by atoms with van der Waals surface area (Å²) in [5.74, 6) is -0.222. The number of benzene rings is 3. The standard InChI is InChI=1S/C32H31FO4/c1-3-29-32(37-30(4-2)36-29,24-15-18-26(33)19-16-24)25-17-20-27(22-11-7-5-8-12-22)28(21-25)35-31(34)23-13-9-6-10-14-23/h5-16,18-19,21,29-30H,3-4,17,20H2,1-2H3/t29-,30-,32+/m0/s1. The summed E-state index contributed by atoms with van der Waals surface area (Å²) >= 11 is 0. The van der Waals surface area contributed by atoms with Crippen molar-refractivity contribution in [3.63, 3.8) is 0 Å². The molecule has 0 bridgehead atoms. The highest BCUT2D eigenvalue weighted by Crippen LogP contribution is 2.50. The largest absolute Gasteiger partial charge is 0.423 e. The fourth-order valence-electron chi connectivity index (χ4n) is 5.32. The molecule has 1 fully saturated rings. The third-order valence-corrected chi connectivity index (χ3v) is 7.12. The van der Waals surface area contributed by atoms with Gasteiger partial charge in [-0.05, 0) is 72.7 Å². The quantitative estimate of drug-likeness (QED) is 0.315. The molecule has 190 valence electrons. The van der Waals surface area contributed by atoms with Crippen LogP contribution in [0.25, 0.3) is 5.57 Å². The third kappa shape index (κ3) is 4.89. The van der Waals surface area contributed by atoms with Crippen LogP contribution in [0.3, 0.4) is 0 Å². The fraction of sp³-hybridized carbons (Fsp3) is 0.281. The zero-order chi connectivity index (χ0) is 25.8. The van der Waals surface area contributed by atoms with Gasteiger partial charge in [-0.3, -0.25) is 0 Å². The fourth-order valence-corrected chi connectivity index (χ4v) is 5.32. The Labute approximate surface area is 217 Å². The van der Waals surface area contributed by atoms with Gasteiger partial charge < -0.3 is 14.2 Å². The summed E-state index contributed by atoms with van der Waals surface area (Å²) in [6.07, 6.45) is 4.04. The normalized spacial score (nSPS) is 23.6. The van der Waals surface area contributed by atoms with Crippen molar-refractivity contribution in [2.45, 2.75) is 57.5 Å². The smallest absolute Gasteiger partial charge is 0.343 e. The summed E-state index contributed by atoms with van der Waals surface area (Å²) in [5, 5.41) is 0. The molecule has 1 saturated heterocycles. The molecule has 5 heteroatoms. The topological polar surface area (TPSA) is 44.8 Å². The van der Waals surface area contributed by atoms with Crippen molar-refractivity contribution in [3.05, 3.63) is 125 Å². The summed E-state index contributed by atoms with van der Waals surface area (Å²) in [6, 6.07) is 25.4. The number of hydrogen-bond donors (Lipinski definition) is 0. The summed E-state index contributed by atoms with van der Waals surface area (Å²) in [6.45, 7) is 4.09. The number of halogens is 1. The maximum absolute atomic E-state index is 13.9. The minimum Gasteiger partial charge on any atom is -0.423 e. The zero-order valence-electron chi connectivity index (χ0n) is 21.2. The van der Waals surface area contributed by atoms with Crippen molar-refractivity contribution in [1.82, 2.24) is 0 Å². The zero-order valence-corrected chi connectivity index (χ0v) is 21.2. The lowest BCUT2D eigenvalue weighted by Crippen LogP contribution is -2.39. The van der Waals surface area contributed by atoms with Crippen LogP contribution in [0.1, 0.15) is 61.0 Å². The number of carbonyl (C=O) groups excluding carboxylic acids is 1. The van der Waals surface area contributed by atoms with Crippen molar-refractivity contribution in [1.29, 1.82) is 0 Å². The molecule has 1 aliphatic carbocycles. The van der Waals surface area contributed by atoms with Gasteiger partial charge in [0.1, 0.15) is 17.2 Å². The number of carbonyl (C=O) groups is 1. The molecule has 3 aromatic rings.